The molecule has 0 fully saturated rings. The monoisotopic (exact) mass is 326 g/mol. The zero-order valence-corrected chi connectivity index (χ0v) is 13.9. The van der Waals surface area contributed by atoms with Gasteiger partial charge in [0.15, 0.2) is 0 Å². The quantitative estimate of drug-likeness (QED) is 0.566. The van der Waals surface area contributed by atoms with Gasteiger partial charge >= 0.3 is 0 Å². The molecule has 0 saturated carbocycles. The highest BCUT2D eigenvalue weighted by molar-refractivity contribution is 6.43. The van der Waals surface area contributed by atoms with E-state index >= 15 is 0 Å². The van der Waals surface area contributed by atoms with Gasteiger partial charge in [-0.05, 0) is 41.2 Å². The lowest BCUT2D eigenvalue weighted by Gasteiger charge is -2.15. The summed E-state index contributed by atoms with van der Waals surface area (Å²) in [5, 5.41) is 0.792. The minimum absolute atomic E-state index is 0.280. The number of alkyl halides is 1. The van der Waals surface area contributed by atoms with Crippen molar-refractivity contribution in [1.82, 2.24) is 0 Å². The minimum atomic E-state index is -0.280. The molecule has 20 heavy (non-hydrogen) atoms. The van der Waals surface area contributed by atoms with Crippen LogP contribution in [0.1, 0.15) is 41.5 Å². The summed E-state index contributed by atoms with van der Waals surface area (Å²) in [7, 11) is 0. The fraction of sp³-hybridized carbons (Fsp3) is 0.294. The van der Waals surface area contributed by atoms with E-state index in [1.165, 1.54) is 11.1 Å². The Kier molecular flexibility index (Phi) is 5.37. The van der Waals surface area contributed by atoms with Gasteiger partial charge in [-0.1, -0.05) is 67.4 Å². The lowest BCUT2D eigenvalue weighted by molar-refractivity contribution is 1.02. The number of hydrogen-bond donors (Lipinski definition) is 0. The van der Waals surface area contributed by atoms with Crippen LogP contribution >= 0.6 is 34.8 Å². The molecule has 0 spiro atoms. The number of aryl methyl sites for hydroxylation is 2. The SMILES string of the molecule is CCc1ccc(C(Cl)c2cccc(Cl)c2Cl)cc1CC. The van der Waals surface area contributed by atoms with Gasteiger partial charge in [0.1, 0.15) is 0 Å². The van der Waals surface area contributed by atoms with Crippen LogP contribution in [0.25, 0.3) is 0 Å². The standard InChI is InChI=1S/C17H17Cl3/c1-3-11-8-9-13(10-12(11)4-2)16(19)14-6-5-7-15(18)17(14)20/h5-10,16H,3-4H2,1-2H3. The van der Waals surface area contributed by atoms with E-state index in [1.54, 1.807) is 6.07 Å². The topological polar surface area (TPSA) is 0 Å². The maximum absolute atomic E-state index is 6.59. The molecule has 3 heteroatoms. The lowest BCUT2D eigenvalue weighted by Crippen LogP contribution is -1.98. The molecule has 2 aromatic carbocycles. The molecule has 0 saturated heterocycles. The van der Waals surface area contributed by atoms with Crippen molar-refractivity contribution in [3.05, 3.63) is 68.7 Å². The van der Waals surface area contributed by atoms with E-state index in [9.17, 15) is 0 Å². The third kappa shape index (κ3) is 3.14. The summed E-state index contributed by atoms with van der Waals surface area (Å²) in [5.41, 5.74) is 4.63. The average molecular weight is 328 g/mol. The molecule has 0 aliphatic carbocycles. The van der Waals surface area contributed by atoms with E-state index in [2.05, 4.69) is 32.0 Å². The molecule has 0 amide bonds. The van der Waals surface area contributed by atoms with Gasteiger partial charge in [-0.25, -0.2) is 0 Å². The highest BCUT2D eigenvalue weighted by Gasteiger charge is 2.16. The molecule has 106 valence electrons. The Morgan fingerprint density at radius 2 is 1.65 bits per heavy atom. The summed E-state index contributed by atoms with van der Waals surface area (Å²) in [6.45, 7) is 4.33. The lowest BCUT2D eigenvalue weighted by atomic mass is 9.96. The van der Waals surface area contributed by atoms with Gasteiger partial charge in [0.05, 0.1) is 15.4 Å². The molecule has 0 nitrogen and oxygen atoms in total. The van der Waals surface area contributed by atoms with E-state index in [1.807, 2.05) is 12.1 Å². The van der Waals surface area contributed by atoms with Crippen LogP contribution in [0.2, 0.25) is 10.0 Å². The van der Waals surface area contributed by atoms with Gasteiger partial charge in [0.2, 0.25) is 0 Å². The van der Waals surface area contributed by atoms with Crippen LogP contribution in [0.15, 0.2) is 36.4 Å². The van der Waals surface area contributed by atoms with Crippen LogP contribution in [0.5, 0.6) is 0 Å². The van der Waals surface area contributed by atoms with Gasteiger partial charge in [0, 0.05) is 0 Å². The van der Waals surface area contributed by atoms with E-state index in [0.717, 1.165) is 24.0 Å². The predicted octanol–water partition coefficient (Wildman–Crippen LogP) is 6.45. The molecule has 0 aliphatic rings. The Bertz CT molecular complexity index is 605. The van der Waals surface area contributed by atoms with E-state index < -0.39 is 0 Å². The third-order valence-electron chi connectivity index (χ3n) is 3.54. The second-order valence-corrected chi connectivity index (χ2v) is 5.96. The summed E-state index contributed by atoms with van der Waals surface area (Å²) in [6, 6.07) is 12.0. The zero-order chi connectivity index (χ0) is 14.7. The number of halogens is 3. The first kappa shape index (κ1) is 15.7. The number of rotatable bonds is 4. The molecular formula is C17H17Cl3. The average Bonchev–Trinajstić information content (AvgIpc) is 2.48. The second kappa shape index (κ2) is 6.85. The summed E-state index contributed by atoms with van der Waals surface area (Å²) >= 11 is 18.9. The van der Waals surface area contributed by atoms with Gasteiger partial charge in [0.25, 0.3) is 0 Å². The van der Waals surface area contributed by atoms with E-state index in [0.29, 0.717) is 10.0 Å². The molecule has 0 radical (unpaired) electrons. The maximum Gasteiger partial charge on any atom is 0.0850 e. The smallest absolute Gasteiger partial charge is 0.0850 e. The van der Waals surface area contributed by atoms with Crippen molar-refractivity contribution < 1.29 is 0 Å². The van der Waals surface area contributed by atoms with Crippen LogP contribution in [0.3, 0.4) is 0 Å². The Hall–Kier alpha value is -0.690. The number of benzene rings is 2. The molecule has 0 aromatic heterocycles. The summed E-state index contributed by atoms with van der Waals surface area (Å²) < 4.78 is 0. The summed E-state index contributed by atoms with van der Waals surface area (Å²) in [6.07, 6.45) is 2.04. The molecule has 0 bridgehead atoms. The zero-order valence-electron chi connectivity index (χ0n) is 11.6. The van der Waals surface area contributed by atoms with Crippen molar-refractivity contribution in [2.24, 2.45) is 0 Å². The predicted molar refractivity (Wildman–Crippen MR) is 89.4 cm³/mol. The van der Waals surface area contributed by atoms with Crippen molar-refractivity contribution in [3.8, 4) is 0 Å². The summed E-state index contributed by atoms with van der Waals surface area (Å²) in [5.74, 6) is 0. The fourth-order valence-corrected chi connectivity index (χ4v) is 3.16. The van der Waals surface area contributed by atoms with Crippen molar-refractivity contribution in [2.45, 2.75) is 32.1 Å². The van der Waals surface area contributed by atoms with Gasteiger partial charge in [-0.15, -0.1) is 11.6 Å². The first-order valence-electron chi connectivity index (χ1n) is 6.78. The normalized spacial score (nSPS) is 12.4. The second-order valence-electron chi connectivity index (χ2n) is 4.74. The molecule has 0 aliphatic heterocycles. The Labute approximate surface area is 135 Å². The Balaban J connectivity index is 2.43. The fourth-order valence-electron chi connectivity index (χ4n) is 2.37. The molecule has 0 N–H and O–H groups in total. The molecule has 2 aromatic rings. The Morgan fingerprint density at radius 3 is 2.30 bits per heavy atom. The van der Waals surface area contributed by atoms with Crippen LogP contribution < -0.4 is 0 Å². The van der Waals surface area contributed by atoms with Crippen molar-refractivity contribution in [2.75, 3.05) is 0 Å². The Morgan fingerprint density at radius 1 is 0.950 bits per heavy atom. The first-order chi connectivity index (χ1) is 9.58. The van der Waals surface area contributed by atoms with Gasteiger partial charge in [-0.2, -0.15) is 0 Å². The highest BCUT2D eigenvalue weighted by Crippen LogP contribution is 2.37. The van der Waals surface area contributed by atoms with Crippen LogP contribution in [0.4, 0.5) is 0 Å². The summed E-state index contributed by atoms with van der Waals surface area (Å²) in [4.78, 5) is 0. The van der Waals surface area contributed by atoms with Gasteiger partial charge in [-0.3, -0.25) is 0 Å². The molecule has 1 atom stereocenters. The van der Waals surface area contributed by atoms with E-state index in [-0.39, 0.29) is 5.38 Å². The third-order valence-corrected chi connectivity index (χ3v) is 4.86. The van der Waals surface area contributed by atoms with Crippen LogP contribution in [0, 0.1) is 0 Å². The molecule has 1 unspecified atom stereocenters. The molecule has 0 heterocycles. The van der Waals surface area contributed by atoms with Crippen molar-refractivity contribution >= 4 is 34.8 Å². The van der Waals surface area contributed by atoms with Crippen LogP contribution in [-0.4, -0.2) is 0 Å². The first-order valence-corrected chi connectivity index (χ1v) is 7.97. The van der Waals surface area contributed by atoms with Gasteiger partial charge < -0.3 is 0 Å². The number of hydrogen-bond acceptors (Lipinski definition) is 0. The largest absolute Gasteiger partial charge is 0.113 e. The van der Waals surface area contributed by atoms with Crippen molar-refractivity contribution in [1.29, 1.82) is 0 Å². The maximum atomic E-state index is 6.59. The minimum Gasteiger partial charge on any atom is -0.113 e. The van der Waals surface area contributed by atoms with E-state index in [4.69, 9.17) is 34.8 Å². The highest BCUT2D eigenvalue weighted by atomic mass is 35.5. The molecule has 2 rings (SSSR count). The molecular weight excluding hydrogens is 311 g/mol. The van der Waals surface area contributed by atoms with Crippen molar-refractivity contribution in [3.63, 3.8) is 0 Å². The van der Waals surface area contributed by atoms with Crippen LogP contribution in [-0.2, 0) is 12.8 Å².